The summed E-state index contributed by atoms with van der Waals surface area (Å²) in [7, 11) is 0. The lowest BCUT2D eigenvalue weighted by atomic mass is 10.1. The van der Waals surface area contributed by atoms with E-state index in [1.54, 1.807) is 30.3 Å². The molecule has 2 rings (SSSR count). The molecule has 0 aliphatic rings. The molecule has 4 N–H and O–H groups in total. The lowest BCUT2D eigenvalue weighted by molar-refractivity contribution is -0.139. The third kappa shape index (κ3) is 3.27. The zero-order valence-corrected chi connectivity index (χ0v) is 10.7. The highest BCUT2D eigenvalue weighted by atomic mass is 16.4. The minimum absolute atomic E-state index is 0.0379. The van der Waals surface area contributed by atoms with Gasteiger partial charge < -0.3 is 15.3 Å². The molecule has 0 heterocycles. The van der Waals surface area contributed by atoms with E-state index in [9.17, 15) is 20.1 Å². The minimum atomic E-state index is -0.991. The molecule has 5 nitrogen and oxygen atoms in total. The number of phenolic OH excluding ortho intramolecular Hbond substituents is 2. The van der Waals surface area contributed by atoms with E-state index >= 15 is 0 Å². The van der Waals surface area contributed by atoms with Crippen LogP contribution in [-0.4, -0.2) is 21.3 Å². The molecule has 0 aliphatic carbocycles. The number of hydrogen-bond donors (Lipinski definition) is 4. The molecule has 0 aliphatic heterocycles. The largest absolute Gasteiger partial charge is 0.508 e. The van der Waals surface area contributed by atoms with Crippen molar-refractivity contribution in [1.29, 1.82) is 0 Å². The van der Waals surface area contributed by atoms with Crippen molar-refractivity contribution >= 4 is 5.97 Å². The monoisotopic (exact) mass is 273 g/mol. The van der Waals surface area contributed by atoms with Crippen molar-refractivity contribution in [1.82, 2.24) is 5.32 Å². The zero-order valence-electron chi connectivity index (χ0n) is 10.7. The van der Waals surface area contributed by atoms with Gasteiger partial charge in [-0.05, 0) is 11.6 Å². The Balaban J connectivity index is 2.12. The maximum atomic E-state index is 11.3. The molecule has 20 heavy (non-hydrogen) atoms. The van der Waals surface area contributed by atoms with Gasteiger partial charge in [-0.3, -0.25) is 10.1 Å². The van der Waals surface area contributed by atoms with Crippen LogP contribution in [0.2, 0.25) is 0 Å². The van der Waals surface area contributed by atoms with E-state index in [1.165, 1.54) is 12.1 Å². The van der Waals surface area contributed by atoms with Gasteiger partial charge in [-0.25, -0.2) is 0 Å². The first-order valence-corrected chi connectivity index (χ1v) is 6.10. The first-order valence-electron chi connectivity index (χ1n) is 6.10. The smallest absolute Gasteiger partial charge is 0.325 e. The molecule has 0 aromatic heterocycles. The summed E-state index contributed by atoms with van der Waals surface area (Å²) in [6.45, 7) is 0.179. The lowest BCUT2D eigenvalue weighted by Gasteiger charge is -2.15. The van der Waals surface area contributed by atoms with Crippen LogP contribution in [0.25, 0.3) is 0 Å². The van der Waals surface area contributed by atoms with Gasteiger partial charge in [0.2, 0.25) is 0 Å². The Hall–Kier alpha value is -2.53. The number of hydrogen-bond acceptors (Lipinski definition) is 4. The Morgan fingerprint density at radius 3 is 2.40 bits per heavy atom. The fourth-order valence-electron chi connectivity index (χ4n) is 1.91. The number of carboxylic acids is 1. The molecule has 0 saturated carbocycles. The Labute approximate surface area is 116 Å². The average molecular weight is 273 g/mol. The summed E-state index contributed by atoms with van der Waals surface area (Å²) >= 11 is 0. The summed E-state index contributed by atoms with van der Waals surface area (Å²) in [5, 5.41) is 31.0. The molecule has 2 aromatic rings. The fourth-order valence-corrected chi connectivity index (χ4v) is 1.91. The molecule has 0 saturated heterocycles. The highest BCUT2D eigenvalue weighted by Crippen LogP contribution is 2.23. The standard InChI is InChI=1S/C15H15NO4/c17-12-7-6-11(13(18)8-12)9-16-14(15(19)20)10-4-2-1-3-5-10/h1-8,14,16-18H,9H2,(H,19,20). The van der Waals surface area contributed by atoms with Gasteiger partial charge in [0.25, 0.3) is 0 Å². The average Bonchev–Trinajstić information content (AvgIpc) is 2.42. The number of phenols is 2. The molecule has 0 radical (unpaired) electrons. The summed E-state index contributed by atoms with van der Waals surface area (Å²) in [4.78, 5) is 11.3. The number of carbonyl (C=O) groups is 1. The van der Waals surface area contributed by atoms with Crippen molar-refractivity contribution in [2.45, 2.75) is 12.6 Å². The van der Waals surface area contributed by atoms with E-state index in [1.807, 2.05) is 6.07 Å². The highest BCUT2D eigenvalue weighted by Gasteiger charge is 2.19. The molecule has 104 valence electrons. The summed E-state index contributed by atoms with van der Waals surface area (Å²) in [5.41, 5.74) is 1.16. The van der Waals surface area contributed by atoms with Crippen molar-refractivity contribution in [2.24, 2.45) is 0 Å². The van der Waals surface area contributed by atoms with E-state index in [0.717, 1.165) is 0 Å². The third-order valence-corrected chi connectivity index (χ3v) is 2.95. The van der Waals surface area contributed by atoms with Gasteiger partial charge in [0, 0.05) is 18.2 Å². The van der Waals surface area contributed by atoms with E-state index < -0.39 is 12.0 Å². The SMILES string of the molecule is O=C(O)C(NCc1ccc(O)cc1O)c1ccccc1. The van der Waals surface area contributed by atoms with Crippen molar-refractivity contribution in [2.75, 3.05) is 0 Å². The first-order chi connectivity index (χ1) is 9.58. The van der Waals surface area contributed by atoms with Crippen LogP contribution in [0.15, 0.2) is 48.5 Å². The van der Waals surface area contributed by atoms with Crippen molar-refractivity contribution in [3.63, 3.8) is 0 Å². The van der Waals surface area contributed by atoms with E-state index in [0.29, 0.717) is 11.1 Å². The van der Waals surface area contributed by atoms with Gasteiger partial charge in [0.15, 0.2) is 0 Å². The number of nitrogens with one attached hydrogen (secondary N) is 1. The Morgan fingerprint density at radius 1 is 1.10 bits per heavy atom. The van der Waals surface area contributed by atoms with Crippen molar-refractivity contribution in [3.05, 3.63) is 59.7 Å². The summed E-state index contributed by atoms with van der Waals surface area (Å²) in [5.74, 6) is -1.10. The maximum Gasteiger partial charge on any atom is 0.325 e. The number of rotatable bonds is 5. The van der Waals surface area contributed by atoms with E-state index in [4.69, 9.17) is 0 Å². The van der Waals surface area contributed by atoms with Crippen LogP contribution < -0.4 is 5.32 Å². The van der Waals surface area contributed by atoms with Gasteiger partial charge >= 0.3 is 5.97 Å². The molecule has 1 unspecified atom stereocenters. The second-order valence-electron chi connectivity index (χ2n) is 4.38. The summed E-state index contributed by atoms with van der Waals surface area (Å²) < 4.78 is 0. The molecule has 0 amide bonds. The summed E-state index contributed by atoms with van der Waals surface area (Å²) in [6, 6.07) is 12.1. The second kappa shape index (κ2) is 6.08. The van der Waals surface area contributed by atoms with Crippen LogP contribution >= 0.6 is 0 Å². The van der Waals surface area contributed by atoms with Gasteiger partial charge in [-0.15, -0.1) is 0 Å². The van der Waals surface area contributed by atoms with E-state index in [2.05, 4.69) is 5.32 Å². The molecule has 0 bridgehead atoms. The Morgan fingerprint density at radius 2 is 1.80 bits per heavy atom. The lowest BCUT2D eigenvalue weighted by Crippen LogP contribution is -2.28. The molecular weight excluding hydrogens is 258 g/mol. The second-order valence-corrected chi connectivity index (χ2v) is 4.38. The molecule has 1 atom stereocenters. The third-order valence-electron chi connectivity index (χ3n) is 2.95. The Bertz CT molecular complexity index is 598. The van der Waals surface area contributed by atoms with Crippen molar-refractivity contribution in [3.8, 4) is 11.5 Å². The van der Waals surface area contributed by atoms with Gasteiger partial charge in [-0.2, -0.15) is 0 Å². The predicted molar refractivity (Wildman–Crippen MR) is 73.4 cm³/mol. The quantitative estimate of drug-likeness (QED) is 0.669. The number of carboxylic acid groups (broad SMARTS) is 1. The van der Waals surface area contributed by atoms with Crippen LogP contribution in [-0.2, 0) is 11.3 Å². The summed E-state index contributed by atoms with van der Waals surface area (Å²) in [6.07, 6.45) is 0. The number of benzene rings is 2. The Kier molecular flexibility index (Phi) is 4.22. The number of aliphatic carboxylic acids is 1. The first kappa shape index (κ1) is 13.9. The number of aromatic hydroxyl groups is 2. The molecule has 5 heteroatoms. The van der Waals surface area contributed by atoms with Crippen LogP contribution in [0.5, 0.6) is 11.5 Å². The zero-order chi connectivity index (χ0) is 14.5. The molecular formula is C15H15NO4. The topological polar surface area (TPSA) is 89.8 Å². The van der Waals surface area contributed by atoms with Gasteiger partial charge in [0.1, 0.15) is 17.5 Å². The maximum absolute atomic E-state index is 11.3. The van der Waals surface area contributed by atoms with Crippen molar-refractivity contribution < 1.29 is 20.1 Å². The van der Waals surface area contributed by atoms with Crippen LogP contribution in [0, 0.1) is 0 Å². The molecule has 0 spiro atoms. The van der Waals surface area contributed by atoms with Crippen LogP contribution in [0.3, 0.4) is 0 Å². The minimum Gasteiger partial charge on any atom is -0.508 e. The normalized spacial score (nSPS) is 12.0. The van der Waals surface area contributed by atoms with Crippen LogP contribution in [0.1, 0.15) is 17.2 Å². The highest BCUT2D eigenvalue weighted by molar-refractivity contribution is 5.75. The van der Waals surface area contributed by atoms with E-state index in [-0.39, 0.29) is 18.0 Å². The van der Waals surface area contributed by atoms with Crippen LogP contribution in [0.4, 0.5) is 0 Å². The predicted octanol–water partition coefficient (Wildman–Crippen LogP) is 2.01. The fraction of sp³-hybridized carbons (Fsp3) is 0.133. The molecule has 0 fully saturated rings. The van der Waals surface area contributed by atoms with Gasteiger partial charge in [-0.1, -0.05) is 36.4 Å². The molecule has 2 aromatic carbocycles. The van der Waals surface area contributed by atoms with Gasteiger partial charge in [0.05, 0.1) is 0 Å².